The van der Waals surface area contributed by atoms with Gasteiger partial charge in [0.15, 0.2) is 17.2 Å². The molecule has 2 aromatic carbocycles. The van der Waals surface area contributed by atoms with Crippen LogP contribution >= 0.6 is 0 Å². The number of ether oxygens (including phenoxy) is 3. The predicted octanol–water partition coefficient (Wildman–Crippen LogP) is 6.04. The zero-order valence-electron chi connectivity index (χ0n) is 22.6. The van der Waals surface area contributed by atoms with Crippen LogP contribution in [0.4, 0.5) is 27.6 Å². The van der Waals surface area contributed by atoms with Crippen LogP contribution in [0.2, 0.25) is 0 Å². The molecule has 0 saturated heterocycles. The number of benzene rings is 2. The fourth-order valence-electron chi connectivity index (χ4n) is 5.13. The number of rotatable bonds is 6. The fraction of sp³-hybridized carbons (Fsp3) is 0.241. The first kappa shape index (κ1) is 28.9. The molecule has 0 spiro atoms. The van der Waals surface area contributed by atoms with E-state index in [2.05, 4.69) is 19.6 Å². The molecular weight excluding hydrogens is 595 g/mol. The summed E-state index contributed by atoms with van der Waals surface area (Å²) >= 11 is 0. The quantitative estimate of drug-likeness (QED) is 0.261. The van der Waals surface area contributed by atoms with Gasteiger partial charge in [0.1, 0.15) is 6.10 Å². The highest BCUT2D eigenvalue weighted by molar-refractivity contribution is 6.06. The highest BCUT2D eigenvalue weighted by Gasteiger charge is 2.44. The highest BCUT2D eigenvalue weighted by atomic mass is 19.4. The van der Waals surface area contributed by atoms with E-state index >= 15 is 0 Å². The first-order valence-corrected chi connectivity index (χ1v) is 13.1. The number of anilines is 1. The number of alkyl halides is 5. The molecule has 2 aromatic heterocycles. The van der Waals surface area contributed by atoms with Crippen LogP contribution in [-0.2, 0) is 12.6 Å². The number of carbonyl (C=O) groups is 2. The van der Waals surface area contributed by atoms with E-state index in [0.717, 1.165) is 15.8 Å². The smallest absolute Gasteiger partial charge is 0.478 e. The number of hydrogen-bond acceptors (Lipinski definition) is 7. The van der Waals surface area contributed by atoms with Crippen LogP contribution in [0.3, 0.4) is 0 Å². The van der Waals surface area contributed by atoms with Crippen molar-refractivity contribution < 1.29 is 50.9 Å². The number of carboxylic acids is 1. The molecule has 4 aromatic rings. The summed E-state index contributed by atoms with van der Waals surface area (Å²) in [5, 5.41) is 13.0. The molecule has 228 valence electrons. The minimum atomic E-state index is -4.78. The number of amides is 1. The lowest BCUT2D eigenvalue weighted by atomic mass is 9.93. The van der Waals surface area contributed by atoms with E-state index in [-0.39, 0.29) is 57.6 Å². The van der Waals surface area contributed by atoms with E-state index < -0.39 is 36.1 Å². The summed E-state index contributed by atoms with van der Waals surface area (Å²) in [6.45, 7) is 0. The summed E-state index contributed by atoms with van der Waals surface area (Å²) < 4.78 is 85.1. The van der Waals surface area contributed by atoms with Gasteiger partial charge in [-0.15, -0.1) is 8.78 Å². The zero-order valence-corrected chi connectivity index (χ0v) is 22.6. The maximum absolute atomic E-state index is 14.1. The first-order valence-electron chi connectivity index (χ1n) is 13.1. The Balaban J connectivity index is 1.34. The summed E-state index contributed by atoms with van der Waals surface area (Å²) in [4.78, 5) is 29.7. The second kappa shape index (κ2) is 10.5. The minimum Gasteiger partial charge on any atom is -0.478 e. The van der Waals surface area contributed by atoms with Crippen molar-refractivity contribution in [3.05, 3.63) is 88.9 Å². The van der Waals surface area contributed by atoms with E-state index in [0.29, 0.717) is 12.8 Å². The summed E-state index contributed by atoms with van der Waals surface area (Å²) in [6.07, 6.45) is -7.68. The summed E-state index contributed by atoms with van der Waals surface area (Å²) in [6, 6.07) is 12.2. The number of fused-ring (bicyclic) bond motifs is 2. The Bertz CT molecular complexity index is 1770. The highest BCUT2D eigenvalue weighted by Crippen LogP contribution is 2.44. The molecule has 0 bridgehead atoms. The molecule has 2 aliphatic rings. The fourth-order valence-corrected chi connectivity index (χ4v) is 5.13. The largest absolute Gasteiger partial charge is 0.586 e. The number of pyridine rings is 1. The van der Waals surface area contributed by atoms with Crippen molar-refractivity contribution in [3.8, 4) is 23.1 Å². The molecule has 1 N–H and O–H groups in total. The second-order valence-corrected chi connectivity index (χ2v) is 10.0. The Kier molecular flexibility index (Phi) is 6.89. The van der Waals surface area contributed by atoms with Gasteiger partial charge < -0.3 is 24.2 Å². The van der Waals surface area contributed by atoms with Gasteiger partial charge >= 0.3 is 18.4 Å². The molecule has 0 unspecified atom stereocenters. The molecule has 3 heterocycles. The normalized spacial score (nSPS) is 16.7. The molecule has 1 aliphatic heterocycles. The molecule has 1 amide bonds. The zero-order chi connectivity index (χ0) is 31.4. The summed E-state index contributed by atoms with van der Waals surface area (Å²) in [7, 11) is 1.40. The lowest BCUT2D eigenvalue weighted by Gasteiger charge is -2.25. The topological polar surface area (TPSA) is 116 Å². The second-order valence-electron chi connectivity index (χ2n) is 10.0. The number of nitrogens with zero attached hydrogens (tertiary/aromatic N) is 4. The standard InChI is InChI=1S/C29H21F5N4O6/c1-37(17-9-10-20-22(13-17)44-29(33,34)43-20)26(39)15-4-2-5-18(12-15)38-24-19(25(36-38)28(30,31)32)6-3-7-21(24)42-23-11-8-16(14-35-23)27(40)41/h2,4-5,8-14,21H,3,6-7H2,1H3,(H,40,41)/t21-/m1/s1. The lowest BCUT2D eigenvalue weighted by molar-refractivity contribution is -0.286. The molecule has 10 nitrogen and oxygen atoms in total. The van der Waals surface area contributed by atoms with Gasteiger partial charge in [0.05, 0.1) is 16.9 Å². The van der Waals surface area contributed by atoms with Crippen molar-refractivity contribution in [2.24, 2.45) is 0 Å². The predicted molar refractivity (Wildman–Crippen MR) is 141 cm³/mol. The average molecular weight is 616 g/mol. The van der Waals surface area contributed by atoms with Gasteiger partial charge in [-0.1, -0.05) is 6.07 Å². The SMILES string of the molecule is CN(C(=O)c1cccc(-n2nc(C(F)(F)F)c3c2[C@H](Oc2ccc(C(=O)O)cn2)CCC3)c1)c1ccc2c(c1)OC(F)(F)O2. The van der Waals surface area contributed by atoms with Gasteiger partial charge in [-0.3, -0.25) is 4.79 Å². The van der Waals surface area contributed by atoms with E-state index in [1.807, 2.05) is 0 Å². The van der Waals surface area contributed by atoms with Crippen molar-refractivity contribution in [1.29, 1.82) is 0 Å². The monoisotopic (exact) mass is 616 g/mol. The summed E-state index contributed by atoms with van der Waals surface area (Å²) in [5.41, 5.74) is -0.677. The van der Waals surface area contributed by atoms with Gasteiger partial charge in [0.25, 0.3) is 5.91 Å². The Morgan fingerprint density at radius 3 is 2.55 bits per heavy atom. The van der Waals surface area contributed by atoms with Crippen LogP contribution in [0, 0.1) is 0 Å². The number of aromatic nitrogens is 3. The Morgan fingerprint density at radius 2 is 1.84 bits per heavy atom. The third-order valence-electron chi connectivity index (χ3n) is 7.15. The van der Waals surface area contributed by atoms with Gasteiger partial charge in [-0.25, -0.2) is 14.5 Å². The van der Waals surface area contributed by atoms with E-state index in [9.17, 15) is 31.5 Å². The first-order chi connectivity index (χ1) is 20.8. The van der Waals surface area contributed by atoms with Crippen molar-refractivity contribution in [3.63, 3.8) is 0 Å². The molecule has 15 heteroatoms. The molecule has 1 aliphatic carbocycles. The van der Waals surface area contributed by atoms with Gasteiger partial charge in [-0.2, -0.15) is 18.3 Å². The lowest BCUT2D eigenvalue weighted by Crippen LogP contribution is -2.26. The Labute approximate surface area is 245 Å². The average Bonchev–Trinajstić information content (AvgIpc) is 3.53. The van der Waals surface area contributed by atoms with Crippen molar-refractivity contribution in [2.75, 3.05) is 11.9 Å². The molecule has 6 rings (SSSR count). The third kappa shape index (κ3) is 5.36. The van der Waals surface area contributed by atoms with E-state index in [4.69, 9.17) is 9.84 Å². The van der Waals surface area contributed by atoms with Gasteiger partial charge in [-0.05, 0) is 55.7 Å². The molecule has 0 saturated carbocycles. The third-order valence-corrected chi connectivity index (χ3v) is 7.15. The molecule has 44 heavy (non-hydrogen) atoms. The van der Waals surface area contributed by atoms with Crippen LogP contribution in [0.25, 0.3) is 5.69 Å². The van der Waals surface area contributed by atoms with Gasteiger partial charge in [0, 0.05) is 42.2 Å². The Hall–Kier alpha value is -5.21. The summed E-state index contributed by atoms with van der Waals surface area (Å²) in [5.74, 6) is -2.24. The number of carbonyl (C=O) groups excluding carboxylic acids is 1. The number of carboxylic acid groups (broad SMARTS) is 1. The molecule has 1 atom stereocenters. The maximum Gasteiger partial charge on any atom is 0.586 e. The van der Waals surface area contributed by atoms with Crippen molar-refractivity contribution in [2.45, 2.75) is 37.8 Å². The number of hydrogen-bond donors (Lipinski definition) is 1. The maximum atomic E-state index is 14.1. The van der Waals surface area contributed by atoms with Gasteiger partial charge in [0.2, 0.25) is 5.88 Å². The number of aromatic carboxylic acids is 1. The molecule has 0 radical (unpaired) electrons. The number of halogens is 5. The van der Waals surface area contributed by atoms with Crippen molar-refractivity contribution >= 4 is 17.6 Å². The molecule has 0 fully saturated rings. The van der Waals surface area contributed by atoms with Crippen LogP contribution in [0.15, 0.2) is 60.8 Å². The Morgan fingerprint density at radius 1 is 1.07 bits per heavy atom. The van der Waals surface area contributed by atoms with Crippen molar-refractivity contribution in [1.82, 2.24) is 14.8 Å². The minimum absolute atomic E-state index is 0.0150. The van der Waals surface area contributed by atoms with Crippen LogP contribution in [0.5, 0.6) is 17.4 Å². The van der Waals surface area contributed by atoms with Crippen LogP contribution in [0.1, 0.15) is 56.6 Å². The van der Waals surface area contributed by atoms with Crippen LogP contribution < -0.4 is 19.1 Å². The van der Waals surface area contributed by atoms with E-state index in [1.54, 1.807) is 0 Å². The van der Waals surface area contributed by atoms with Crippen LogP contribution in [-0.4, -0.2) is 45.1 Å². The van der Waals surface area contributed by atoms with E-state index in [1.165, 1.54) is 61.6 Å². The molecular formula is C29H21F5N4O6.